The van der Waals surface area contributed by atoms with E-state index in [1.54, 1.807) is 19.1 Å². The van der Waals surface area contributed by atoms with Gasteiger partial charge in [0.25, 0.3) is 15.9 Å². The smallest absolute Gasteiger partial charge is 0.335 e. The van der Waals surface area contributed by atoms with Gasteiger partial charge in [-0.3, -0.25) is 9.52 Å². The van der Waals surface area contributed by atoms with Gasteiger partial charge < -0.3 is 15.2 Å². The second-order valence-electron chi connectivity index (χ2n) is 6.78. The van der Waals surface area contributed by atoms with Crippen LogP contribution in [0.2, 0.25) is 0 Å². The van der Waals surface area contributed by atoms with Crippen molar-refractivity contribution in [3.8, 4) is 0 Å². The number of carboxylic acid groups (broad SMARTS) is 1. The van der Waals surface area contributed by atoms with Crippen LogP contribution in [0.1, 0.15) is 39.1 Å². The van der Waals surface area contributed by atoms with E-state index < -0.39 is 21.9 Å². The van der Waals surface area contributed by atoms with Crippen molar-refractivity contribution in [2.75, 3.05) is 17.9 Å². The molecule has 0 aromatic heterocycles. The van der Waals surface area contributed by atoms with Crippen molar-refractivity contribution in [1.82, 2.24) is 5.32 Å². The van der Waals surface area contributed by atoms with Crippen LogP contribution in [0.25, 0.3) is 0 Å². The van der Waals surface area contributed by atoms with Crippen LogP contribution in [-0.4, -0.2) is 44.7 Å². The second kappa shape index (κ2) is 8.62. The number of hydrogen-bond acceptors (Lipinski definition) is 5. The number of ether oxygens (including phenoxy) is 1. The molecule has 2 aromatic carbocycles. The Morgan fingerprint density at radius 1 is 1.21 bits per heavy atom. The van der Waals surface area contributed by atoms with Crippen molar-refractivity contribution >= 4 is 27.6 Å². The molecule has 1 fully saturated rings. The van der Waals surface area contributed by atoms with Gasteiger partial charge in [-0.15, -0.1) is 0 Å². The van der Waals surface area contributed by atoms with Crippen LogP contribution in [0.15, 0.2) is 47.4 Å². The van der Waals surface area contributed by atoms with E-state index >= 15 is 0 Å². The Balaban J connectivity index is 1.83. The molecule has 3 N–H and O–H groups in total. The number of carbonyl (C=O) groups excluding carboxylic acids is 1. The van der Waals surface area contributed by atoms with E-state index in [0.717, 1.165) is 18.9 Å². The number of carbonyl (C=O) groups is 2. The van der Waals surface area contributed by atoms with Gasteiger partial charge in [-0.05, 0) is 49.6 Å². The highest BCUT2D eigenvalue weighted by atomic mass is 32.2. The van der Waals surface area contributed by atoms with Crippen molar-refractivity contribution in [2.45, 2.75) is 30.8 Å². The molecule has 1 heterocycles. The number of hydrogen-bond donors (Lipinski definition) is 3. The molecule has 3 rings (SSSR count). The molecule has 1 aliphatic rings. The summed E-state index contributed by atoms with van der Waals surface area (Å²) in [6, 6.07) is 10.1. The molecule has 1 aliphatic heterocycles. The topological polar surface area (TPSA) is 122 Å². The third-order valence-corrected chi connectivity index (χ3v) is 6.16. The van der Waals surface area contributed by atoms with Crippen LogP contribution in [-0.2, 0) is 14.8 Å². The molecular weight excluding hydrogens is 396 g/mol. The summed E-state index contributed by atoms with van der Waals surface area (Å²) >= 11 is 0. The Labute approximate surface area is 168 Å². The molecule has 0 unspecified atom stereocenters. The number of benzene rings is 2. The highest BCUT2D eigenvalue weighted by Gasteiger charge is 2.23. The van der Waals surface area contributed by atoms with E-state index in [1.165, 1.54) is 24.3 Å². The summed E-state index contributed by atoms with van der Waals surface area (Å²) in [5.41, 5.74) is 0.528. The molecule has 9 heteroatoms. The quantitative estimate of drug-likeness (QED) is 0.635. The van der Waals surface area contributed by atoms with Crippen LogP contribution < -0.4 is 10.0 Å². The van der Waals surface area contributed by atoms with Crippen LogP contribution in [0, 0.1) is 6.92 Å². The standard InChI is InChI=1S/C20H22N2O6S/c1-13-8-9-14(20(24)25)11-18(13)29(26,27)22-17-7-3-2-6-16(17)19(23)21-12-15-5-4-10-28-15/h2-3,6-9,11,15,22H,4-5,10,12H2,1H3,(H,21,23)(H,24,25)/t15-/m0/s1. The summed E-state index contributed by atoms with van der Waals surface area (Å²) in [6.07, 6.45) is 1.78. The molecule has 1 saturated heterocycles. The van der Waals surface area contributed by atoms with Gasteiger partial charge in [-0.25, -0.2) is 13.2 Å². The highest BCUT2D eigenvalue weighted by molar-refractivity contribution is 7.92. The Hall–Kier alpha value is -2.91. The maximum Gasteiger partial charge on any atom is 0.335 e. The predicted octanol–water partition coefficient (Wildman–Crippen LogP) is 2.40. The molecule has 0 spiro atoms. The van der Waals surface area contributed by atoms with Crippen LogP contribution in [0.3, 0.4) is 0 Å². The zero-order chi connectivity index (χ0) is 21.0. The van der Waals surface area contributed by atoms with Crippen molar-refractivity contribution < 1.29 is 27.9 Å². The lowest BCUT2D eigenvalue weighted by Crippen LogP contribution is -2.32. The first-order valence-corrected chi connectivity index (χ1v) is 10.6. The van der Waals surface area contributed by atoms with Gasteiger partial charge in [0, 0.05) is 13.2 Å². The maximum atomic E-state index is 12.9. The molecule has 0 radical (unpaired) electrons. The average Bonchev–Trinajstić information content (AvgIpc) is 3.20. The summed E-state index contributed by atoms with van der Waals surface area (Å²) in [6.45, 7) is 2.59. The third kappa shape index (κ3) is 4.93. The van der Waals surface area contributed by atoms with Crippen molar-refractivity contribution in [2.24, 2.45) is 0 Å². The Bertz CT molecular complexity index is 1030. The van der Waals surface area contributed by atoms with Crippen LogP contribution in [0.4, 0.5) is 5.69 Å². The number of para-hydroxylation sites is 1. The summed E-state index contributed by atoms with van der Waals surface area (Å²) in [4.78, 5) is 23.6. The van der Waals surface area contributed by atoms with E-state index in [9.17, 15) is 18.0 Å². The van der Waals surface area contributed by atoms with Gasteiger partial charge in [0.2, 0.25) is 0 Å². The molecule has 0 bridgehead atoms. The maximum absolute atomic E-state index is 12.9. The third-order valence-electron chi connectivity index (χ3n) is 4.65. The number of nitrogens with one attached hydrogen (secondary N) is 2. The molecule has 154 valence electrons. The second-order valence-corrected chi connectivity index (χ2v) is 8.43. The first-order chi connectivity index (χ1) is 13.8. The van der Waals surface area contributed by atoms with Gasteiger partial charge in [-0.1, -0.05) is 18.2 Å². The highest BCUT2D eigenvalue weighted by Crippen LogP contribution is 2.23. The zero-order valence-corrected chi connectivity index (χ0v) is 16.7. The minimum atomic E-state index is -4.10. The van der Waals surface area contributed by atoms with Gasteiger partial charge in [0.1, 0.15) is 0 Å². The fourth-order valence-electron chi connectivity index (χ4n) is 3.10. The first-order valence-electron chi connectivity index (χ1n) is 9.13. The van der Waals surface area contributed by atoms with Gasteiger partial charge in [0.15, 0.2) is 0 Å². The molecular formula is C20H22N2O6S. The van der Waals surface area contributed by atoms with Crippen LogP contribution in [0.5, 0.6) is 0 Å². The molecule has 0 aliphatic carbocycles. The van der Waals surface area contributed by atoms with E-state index in [2.05, 4.69) is 10.0 Å². The van der Waals surface area contributed by atoms with E-state index in [4.69, 9.17) is 9.84 Å². The molecule has 1 amide bonds. The largest absolute Gasteiger partial charge is 0.478 e. The summed E-state index contributed by atoms with van der Waals surface area (Å²) in [5.74, 6) is -1.65. The first kappa shape index (κ1) is 20.8. The fraction of sp³-hybridized carbons (Fsp3) is 0.300. The summed E-state index contributed by atoms with van der Waals surface area (Å²) in [7, 11) is -4.10. The minimum Gasteiger partial charge on any atom is -0.478 e. The van der Waals surface area contributed by atoms with Crippen molar-refractivity contribution in [1.29, 1.82) is 0 Å². The minimum absolute atomic E-state index is 0.0378. The molecule has 0 saturated carbocycles. The average molecular weight is 418 g/mol. The van der Waals surface area contributed by atoms with Crippen molar-refractivity contribution in [3.63, 3.8) is 0 Å². The Morgan fingerprint density at radius 2 is 1.97 bits per heavy atom. The predicted molar refractivity (Wildman–Crippen MR) is 107 cm³/mol. The molecule has 29 heavy (non-hydrogen) atoms. The lowest BCUT2D eigenvalue weighted by atomic mass is 10.1. The number of sulfonamides is 1. The lowest BCUT2D eigenvalue weighted by molar-refractivity contribution is 0.0696. The Kier molecular flexibility index (Phi) is 6.19. The number of carboxylic acids is 1. The van der Waals surface area contributed by atoms with E-state index in [0.29, 0.717) is 18.7 Å². The Morgan fingerprint density at radius 3 is 2.66 bits per heavy atom. The number of amides is 1. The normalized spacial score (nSPS) is 16.4. The van der Waals surface area contributed by atoms with Crippen LogP contribution >= 0.6 is 0 Å². The number of rotatable bonds is 7. The number of aryl methyl sites for hydroxylation is 1. The van der Waals surface area contributed by atoms with Gasteiger partial charge >= 0.3 is 5.97 Å². The number of aromatic carboxylic acids is 1. The van der Waals surface area contributed by atoms with Gasteiger partial charge in [0.05, 0.1) is 27.8 Å². The summed E-state index contributed by atoms with van der Waals surface area (Å²) < 4.78 is 33.7. The molecule has 2 aromatic rings. The van der Waals surface area contributed by atoms with E-state index in [-0.39, 0.29) is 27.8 Å². The summed E-state index contributed by atoms with van der Waals surface area (Å²) in [5, 5.41) is 11.9. The monoisotopic (exact) mass is 418 g/mol. The number of anilines is 1. The van der Waals surface area contributed by atoms with E-state index in [1.807, 2.05) is 0 Å². The SMILES string of the molecule is Cc1ccc(C(=O)O)cc1S(=O)(=O)Nc1ccccc1C(=O)NC[C@@H]1CCCO1. The zero-order valence-electron chi connectivity index (χ0n) is 15.8. The van der Waals surface area contributed by atoms with Crippen molar-refractivity contribution in [3.05, 3.63) is 59.2 Å². The fourth-order valence-corrected chi connectivity index (χ4v) is 4.45. The van der Waals surface area contributed by atoms with Gasteiger partial charge in [-0.2, -0.15) is 0 Å². The lowest BCUT2D eigenvalue weighted by Gasteiger charge is -2.15. The molecule has 1 atom stereocenters. The molecule has 8 nitrogen and oxygen atoms in total.